The lowest BCUT2D eigenvalue weighted by molar-refractivity contribution is -0.137. The number of amides is 1. The first-order valence-corrected chi connectivity index (χ1v) is 7.63. The number of hydrogen-bond donors (Lipinski definition) is 2. The smallest absolute Gasteiger partial charge is 0.303 e. The van der Waals surface area contributed by atoms with E-state index in [9.17, 15) is 9.59 Å². The Morgan fingerprint density at radius 2 is 1.89 bits per heavy atom. The molecule has 0 bridgehead atoms. The van der Waals surface area contributed by atoms with E-state index in [1.807, 2.05) is 6.92 Å². The third kappa shape index (κ3) is 7.19. The van der Waals surface area contributed by atoms with Crippen LogP contribution in [0.3, 0.4) is 0 Å². The van der Waals surface area contributed by atoms with Gasteiger partial charge in [0, 0.05) is 18.9 Å². The maximum atomic E-state index is 11.7. The van der Waals surface area contributed by atoms with E-state index in [2.05, 4.69) is 5.32 Å². The van der Waals surface area contributed by atoms with Crippen LogP contribution in [-0.4, -0.2) is 23.0 Å². The zero-order valence-electron chi connectivity index (χ0n) is 12.0. The van der Waals surface area contributed by atoms with Crippen LogP contribution in [0.4, 0.5) is 0 Å². The minimum atomic E-state index is -0.779. The molecule has 1 rings (SSSR count). The summed E-state index contributed by atoms with van der Waals surface area (Å²) in [5, 5.41) is 11.8. The van der Waals surface area contributed by atoms with E-state index >= 15 is 0 Å². The zero-order valence-corrected chi connectivity index (χ0v) is 12.0. The summed E-state index contributed by atoms with van der Waals surface area (Å²) in [5.74, 6) is -0.0541. The van der Waals surface area contributed by atoms with Gasteiger partial charge in [0.25, 0.3) is 0 Å². The van der Waals surface area contributed by atoms with E-state index in [1.165, 1.54) is 32.1 Å². The van der Waals surface area contributed by atoms with Gasteiger partial charge in [0.05, 0.1) is 0 Å². The molecule has 1 atom stereocenters. The highest BCUT2D eigenvalue weighted by Gasteiger charge is 2.20. The van der Waals surface area contributed by atoms with Crippen molar-refractivity contribution in [2.24, 2.45) is 5.92 Å². The predicted molar refractivity (Wildman–Crippen MR) is 74.9 cm³/mol. The molecule has 1 aliphatic rings. The van der Waals surface area contributed by atoms with Gasteiger partial charge in [-0.1, -0.05) is 39.0 Å². The van der Waals surface area contributed by atoms with E-state index < -0.39 is 5.97 Å². The minimum Gasteiger partial charge on any atom is -0.481 e. The van der Waals surface area contributed by atoms with Gasteiger partial charge in [0.15, 0.2) is 0 Å². The molecule has 1 unspecified atom stereocenters. The Hall–Kier alpha value is -1.06. The maximum absolute atomic E-state index is 11.7. The third-order valence-corrected chi connectivity index (χ3v) is 3.89. The van der Waals surface area contributed by atoms with Crippen molar-refractivity contribution in [2.45, 2.75) is 77.2 Å². The molecule has 2 N–H and O–H groups in total. The molecule has 0 aromatic heterocycles. The van der Waals surface area contributed by atoms with Crippen molar-refractivity contribution in [2.75, 3.05) is 0 Å². The van der Waals surface area contributed by atoms with Crippen LogP contribution in [0.5, 0.6) is 0 Å². The maximum Gasteiger partial charge on any atom is 0.303 e. The molecule has 19 heavy (non-hydrogen) atoms. The molecule has 0 saturated heterocycles. The lowest BCUT2D eigenvalue weighted by Crippen LogP contribution is -2.36. The Morgan fingerprint density at radius 3 is 2.47 bits per heavy atom. The predicted octanol–water partition coefficient (Wildman–Crippen LogP) is 3.11. The molecule has 1 saturated carbocycles. The second-order valence-electron chi connectivity index (χ2n) is 5.69. The summed E-state index contributed by atoms with van der Waals surface area (Å²) in [4.78, 5) is 22.4. The molecule has 0 radical (unpaired) electrons. The number of aliphatic carboxylic acids is 1. The van der Waals surface area contributed by atoms with Crippen LogP contribution in [0, 0.1) is 5.92 Å². The van der Waals surface area contributed by atoms with Gasteiger partial charge in [0.2, 0.25) is 5.91 Å². The van der Waals surface area contributed by atoms with Gasteiger partial charge in [-0.2, -0.15) is 0 Å². The Morgan fingerprint density at radius 1 is 1.21 bits per heavy atom. The molecule has 4 heteroatoms. The molecular formula is C15H27NO3. The number of carbonyl (C=O) groups excluding carboxylic acids is 1. The molecule has 4 nitrogen and oxygen atoms in total. The lowest BCUT2D eigenvalue weighted by Gasteiger charge is -2.27. The SMILES string of the molecule is CCCC(=O)NC(CCC(=O)O)CC1CCCCC1. The summed E-state index contributed by atoms with van der Waals surface area (Å²) in [6.45, 7) is 1.98. The first-order chi connectivity index (χ1) is 9.11. The van der Waals surface area contributed by atoms with Crippen molar-refractivity contribution in [1.82, 2.24) is 5.32 Å². The number of carboxylic acid groups (broad SMARTS) is 1. The van der Waals surface area contributed by atoms with E-state index in [1.54, 1.807) is 0 Å². The normalized spacial score (nSPS) is 17.9. The summed E-state index contributed by atoms with van der Waals surface area (Å²) in [7, 11) is 0. The van der Waals surface area contributed by atoms with Gasteiger partial charge in [0.1, 0.15) is 0 Å². The second kappa shape index (κ2) is 8.94. The summed E-state index contributed by atoms with van der Waals surface area (Å²) in [6.07, 6.45) is 9.35. The van der Waals surface area contributed by atoms with Gasteiger partial charge >= 0.3 is 5.97 Å². The second-order valence-corrected chi connectivity index (χ2v) is 5.69. The first kappa shape index (κ1) is 16.0. The summed E-state index contributed by atoms with van der Waals surface area (Å²) >= 11 is 0. The van der Waals surface area contributed by atoms with E-state index in [0.717, 1.165) is 12.8 Å². The number of carboxylic acids is 1. The van der Waals surface area contributed by atoms with Gasteiger partial charge in [-0.15, -0.1) is 0 Å². The van der Waals surface area contributed by atoms with Crippen LogP contribution in [0.1, 0.15) is 71.1 Å². The van der Waals surface area contributed by atoms with Crippen molar-refractivity contribution in [3.63, 3.8) is 0 Å². The number of hydrogen-bond acceptors (Lipinski definition) is 2. The van der Waals surface area contributed by atoms with E-state index in [4.69, 9.17) is 5.11 Å². The van der Waals surface area contributed by atoms with Crippen LogP contribution in [0.25, 0.3) is 0 Å². The average molecular weight is 269 g/mol. The van der Waals surface area contributed by atoms with Gasteiger partial charge in [-0.25, -0.2) is 0 Å². The molecule has 0 spiro atoms. The molecule has 1 fully saturated rings. The summed E-state index contributed by atoms with van der Waals surface area (Å²) in [5.41, 5.74) is 0. The molecular weight excluding hydrogens is 242 g/mol. The zero-order chi connectivity index (χ0) is 14.1. The standard InChI is InChI=1S/C15H27NO3/c1-2-6-14(17)16-13(9-10-15(18)19)11-12-7-4-3-5-8-12/h12-13H,2-11H2,1H3,(H,16,17)(H,18,19). The Bertz CT molecular complexity index is 285. The fraction of sp³-hybridized carbons (Fsp3) is 0.867. The van der Waals surface area contributed by atoms with Crippen molar-refractivity contribution in [3.8, 4) is 0 Å². The quantitative estimate of drug-likeness (QED) is 0.711. The van der Waals surface area contributed by atoms with Crippen molar-refractivity contribution >= 4 is 11.9 Å². The molecule has 110 valence electrons. The molecule has 0 aromatic rings. The molecule has 1 amide bonds. The van der Waals surface area contributed by atoms with Crippen LogP contribution in [0.2, 0.25) is 0 Å². The number of rotatable bonds is 8. The molecule has 1 aliphatic carbocycles. The van der Waals surface area contributed by atoms with Crippen molar-refractivity contribution in [1.29, 1.82) is 0 Å². The Labute approximate surface area is 116 Å². The highest BCUT2D eigenvalue weighted by Crippen LogP contribution is 2.28. The van der Waals surface area contributed by atoms with Crippen LogP contribution < -0.4 is 5.32 Å². The van der Waals surface area contributed by atoms with Crippen LogP contribution in [-0.2, 0) is 9.59 Å². The summed E-state index contributed by atoms with van der Waals surface area (Å²) in [6, 6.07) is 0.0400. The van der Waals surface area contributed by atoms with Gasteiger partial charge < -0.3 is 10.4 Å². The first-order valence-electron chi connectivity index (χ1n) is 7.63. The number of carbonyl (C=O) groups is 2. The van der Waals surface area contributed by atoms with Crippen LogP contribution >= 0.6 is 0 Å². The average Bonchev–Trinajstić information content (AvgIpc) is 2.37. The van der Waals surface area contributed by atoms with Crippen molar-refractivity contribution < 1.29 is 14.7 Å². The number of nitrogens with one attached hydrogen (secondary N) is 1. The lowest BCUT2D eigenvalue weighted by atomic mass is 9.84. The fourth-order valence-corrected chi connectivity index (χ4v) is 2.90. The molecule has 0 aromatic carbocycles. The largest absolute Gasteiger partial charge is 0.481 e. The monoisotopic (exact) mass is 269 g/mol. The fourth-order valence-electron chi connectivity index (χ4n) is 2.90. The molecule has 0 aliphatic heterocycles. The van der Waals surface area contributed by atoms with Gasteiger partial charge in [-0.3, -0.25) is 9.59 Å². The topological polar surface area (TPSA) is 66.4 Å². The van der Waals surface area contributed by atoms with Gasteiger partial charge in [-0.05, 0) is 25.2 Å². The van der Waals surface area contributed by atoms with E-state index in [0.29, 0.717) is 18.8 Å². The van der Waals surface area contributed by atoms with Crippen molar-refractivity contribution in [3.05, 3.63) is 0 Å². The van der Waals surface area contributed by atoms with Crippen LogP contribution in [0.15, 0.2) is 0 Å². The molecule has 0 heterocycles. The van der Waals surface area contributed by atoms with E-state index in [-0.39, 0.29) is 18.4 Å². The highest BCUT2D eigenvalue weighted by molar-refractivity contribution is 5.76. The Balaban J connectivity index is 2.42. The highest BCUT2D eigenvalue weighted by atomic mass is 16.4. The minimum absolute atomic E-state index is 0.0400. The Kier molecular flexibility index (Phi) is 7.53. The summed E-state index contributed by atoms with van der Waals surface area (Å²) < 4.78 is 0. The third-order valence-electron chi connectivity index (χ3n) is 3.89.